The van der Waals surface area contributed by atoms with Crippen LogP contribution in [0.2, 0.25) is 5.02 Å². The van der Waals surface area contributed by atoms with Gasteiger partial charge in [0.05, 0.1) is 16.8 Å². The lowest BCUT2D eigenvalue weighted by Crippen LogP contribution is -2.20. The van der Waals surface area contributed by atoms with E-state index in [2.05, 4.69) is 6.07 Å². The van der Waals surface area contributed by atoms with Crippen molar-refractivity contribution in [2.24, 2.45) is 0 Å². The molecule has 0 saturated heterocycles. The average molecular weight is 444 g/mol. The molecule has 1 N–H and O–H groups in total. The Kier molecular flexibility index (Phi) is 5.10. The van der Waals surface area contributed by atoms with Gasteiger partial charge in [0.1, 0.15) is 0 Å². The zero-order chi connectivity index (χ0) is 22.4. The van der Waals surface area contributed by atoms with E-state index in [1.165, 1.54) is 24.1 Å². The molecular formula is C27H22ClNO3. The van der Waals surface area contributed by atoms with Gasteiger partial charge < -0.3 is 5.11 Å². The van der Waals surface area contributed by atoms with E-state index >= 15 is 0 Å². The number of aromatic carboxylic acids is 1. The van der Waals surface area contributed by atoms with Crippen LogP contribution >= 0.6 is 11.6 Å². The van der Waals surface area contributed by atoms with Gasteiger partial charge in [-0.05, 0) is 84.8 Å². The summed E-state index contributed by atoms with van der Waals surface area (Å²) in [6, 6.07) is 18.2. The Morgan fingerprint density at radius 1 is 1.06 bits per heavy atom. The number of carboxylic acid groups (broad SMARTS) is 1. The number of hydrogen-bond acceptors (Lipinski definition) is 2. The first-order chi connectivity index (χ1) is 15.5. The van der Waals surface area contributed by atoms with Crippen LogP contribution in [-0.4, -0.2) is 17.0 Å². The van der Waals surface area contributed by atoms with Gasteiger partial charge >= 0.3 is 5.97 Å². The molecule has 0 unspecified atom stereocenters. The molecule has 0 bridgehead atoms. The van der Waals surface area contributed by atoms with E-state index in [1.54, 1.807) is 17.0 Å². The number of carbonyl (C=O) groups is 2. The SMILES string of the molecule is Cc1cccc2c1C(=Cc1c(Cl)cccc1C1CCC1)C(=O)N2c1ccc(C(=O)O)cc1. The molecule has 1 aliphatic carbocycles. The third kappa shape index (κ3) is 3.32. The first-order valence-corrected chi connectivity index (χ1v) is 11.1. The summed E-state index contributed by atoms with van der Waals surface area (Å²) < 4.78 is 0. The number of aryl methyl sites for hydroxylation is 1. The van der Waals surface area contributed by atoms with E-state index in [9.17, 15) is 14.7 Å². The van der Waals surface area contributed by atoms with Crippen molar-refractivity contribution in [3.63, 3.8) is 0 Å². The number of anilines is 2. The number of carboxylic acids is 1. The number of rotatable bonds is 4. The second kappa shape index (κ2) is 7.95. The maximum absolute atomic E-state index is 13.7. The lowest BCUT2D eigenvalue weighted by molar-refractivity contribution is -0.112. The summed E-state index contributed by atoms with van der Waals surface area (Å²) >= 11 is 6.62. The van der Waals surface area contributed by atoms with Crippen molar-refractivity contribution >= 4 is 46.5 Å². The van der Waals surface area contributed by atoms with E-state index in [0.29, 0.717) is 22.2 Å². The van der Waals surface area contributed by atoms with Gasteiger partial charge in [-0.3, -0.25) is 9.69 Å². The molecule has 2 aliphatic rings. The molecule has 1 fully saturated rings. The van der Waals surface area contributed by atoms with E-state index in [1.807, 2.05) is 43.3 Å². The van der Waals surface area contributed by atoms with Crippen LogP contribution in [0.3, 0.4) is 0 Å². The fraction of sp³-hybridized carbons (Fsp3) is 0.185. The molecular weight excluding hydrogens is 422 g/mol. The third-order valence-corrected chi connectivity index (χ3v) is 6.82. The predicted octanol–water partition coefficient (Wildman–Crippen LogP) is 6.83. The van der Waals surface area contributed by atoms with Crippen LogP contribution in [0.1, 0.15) is 57.8 Å². The van der Waals surface area contributed by atoms with E-state index in [-0.39, 0.29) is 11.5 Å². The molecule has 0 spiro atoms. The average Bonchev–Trinajstić information content (AvgIpc) is 3.02. The van der Waals surface area contributed by atoms with Crippen LogP contribution in [0.5, 0.6) is 0 Å². The fourth-order valence-corrected chi connectivity index (χ4v) is 4.83. The minimum atomic E-state index is -0.997. The van der Waals surface area contributed by atoms with Crippen LogP contribution in [-0.2, 0) is 4.79 Å². The summed E-state index contributed by atoms with van der Waals surface area (Å²) in [5.74, 6) is -0.659. The minimum absolute atomic E-state index is 0.142. The second-order valence-corrected chi connectivity index (χ2v) is 8.80. The van der Waals surface area contributed by atoms with Crippen LogP contribution in [0.4, 0.5) is 11.4 Å². The van der Waals surface area contributed by atoms with Crippen LogP contribution in [0, 0.1) is 6.92 Å². The molecule has 0 radical (unpaired) electrons. The van der Waals surface area contributed by atoms with Gasteiger partial charge in [0.2, 0.25) is 0 Å². The molecule has 3 aromatic carbocycles. The molecule has 1 aliphatic heterocycles. The highest BCUT2D eigenvalue weighted by atomic mass is 35.5. The summed E-state index contributed by atoms with van der Waals surface area (Å²) in [6.45, 7) is 2.00. The smallest absolute Gasteiger partial charge is 0.335 e. The van der Waals surface area contributed by atoms with Crippen LogP contribution in [0.25, 0.3) is 11.6 Å². The van der Waals surface area contributed by atoms with Crippen molar-refractivity contribution in [1.29, 1.82) is 0 Å². The lowest BCUT2D eigenvalue weighted by Gasteiger charge is -2.27. The van der Waals surface area contributed by atoms with Crippen molar-refractivity contribution in [3.8, 4) is 0 Å². The number of amides is 1. The number of halogens is 1. The van der Waals surface area contributed by atoms with Gasteiger partial charge in [-0.1, -0.05) is 42.3 Å². The zero-order valence-electron chi connectivity index (χ0n) is 17.6. The largest absolute Gasteiger partial charge is 0.478 e. The lowest BCUT2D eigenvalue weighted by atomic mass is 9.78. The Labute approximate surface area is 191 Å². The summed E-state index contributed by atoms with van der Waals surface area (Å²) in [7, 11) is 0. The predicted molar refractivity (Wildman–Crippen MR) is 128 cm³/mol. The van der Waals surface area contributed by atoms with E-state index in [0.717, 1.165) is 35.2 Å². The quantitative estimate of drug-likeness (QED) is 0.449. The topological polar surface area (TPSA) is 57.6 Å². The molecule has 5 rings (SSSR count). The molecule has 3 aromatic rings. The molecule has 0 atom stereocenters. The second-order valence-electron chi connectivity index (χ2n) is 8.39. The number of nitrogens with zero attached hydrogens (tertiary/aromatic N) is 1. The molecule has 0 aromatic heterocycles. The highest BCUT2D eigenvalue weighted by molar-refractivity contribution is 6.39. The Bertz CT molecular complexity index is 1270. The molecule has 1 saturated carbocycles. The van der Waals surface area contributed by atoms with Gasteiger partial charge in [-0.2, -0.15) is 0 Å². The first-order valence-electron chi connectivity index (χ1n) is 10.7. The number of fused-ring (bicyclic) bond motifs is 1. The van der Waals surface area contributed by atoms with Gasteiger partial charge in [-0.25, -0.2) is 4.79 Å². The zero-order valence-corrected chi connectivity index (χ0v) is 18.4. The molecule has 5 heteroatoms. The molecule has 1 heterocycles. The normalized spacial score (nSPS) is 16.9. The summed E-state index contributed by atoms with van der Waals surface area (Å²) in [6.07, 6.45) is 5.44. The fourth-order valence-electron chi connectivity index (χ4n) is 4.59. The van der Waals surface area contributed by atoms with E-state index < -0.39 is 5.97 Å². The maximum atomic E-state index is 13.7. The number of carbonyl (C=O) groups excluding carboxylic acids is 1. The Morgan fingerprint density at radius 2 is 1.78 bits per heavy atom. The number of benzene rings is 3. The van der Waals surface area contributed by atoms with Crippen molar-refractivity contribution < 1.29 is 14.7 Å². The Morgan fingerprint density at radius 3 is 2.44 bits per heavy atom. The van der Waals surface area contributed by atoms with Gasteiger partial charge in [0.15, 0.2) is 0 Å². The first kappa shape index (κ1) is 20.5. The molecule has 4 nitrogen and oxygen atoms in total. The standard InChI is InChI=1S/C27H22ClNO3/c1-16-5-2-10-24-25(16)22(15-21-20(17-6-3-7-17)8-4-9-23(21)28)26(30)29(24)19-13-11-18(12-14-19)27(31)32/h2,4-5,8-15,17H,3,6-7H2,1H3,(H,31,32). The van der Waals surface area contributed by atoms with Gasteiger partial charge in [-0.15, -0.1) is 0 Å². The van der Waals surface area contributed by atoms with Crippen molar-refractivity contribution in [2.45, 2.75) is 32.1 Å². The summed E-state index contributed by atoms with van der Waals surface area (Å²) in [4.78, 5) is 26.6. The van der Waals surface area contributed by atoms with Crippen molar-refractivity contribution in [3.05, 3.63) is 93.5 Å². The molecule has 160 valence electrons. The highest BCUT2D eigenvalue weighted by Gasteiger charge is 2.35. The maximum Gasteiger partial charge on any atom is 0.335 e. The van der Waals surface area contributed by atoms with Crippen molar-refractivity contribution in [1.82, 2.24) is 0 Å². The number of hydrogen-bond donors (Lipinski definition) is 1. The Balaban J connectivity index is 1.66. The van der Waals surface area contributed by atoms with Gasteiger partial charge in [0, 0.05) is 16.3 Å². The monoisotopic (exact) mass is 443 g/mol. The molecule has 32 heavy (non-hydrogen) atoms. The Hall–Kier alpha value is -3.37. The van der Waals surface area contributed by atoms with E-state index in [4.69, 9.17) is 11.6 Å². The van der Waals surface area contributed by atoms with Gasteiger partial charge in [0.25, 0.3) is 5.91 Å². The van der Waals surface area contributed by atoms with Crippen molar-refractivity contribution in [2.75, 3.05) is 4.90 Å². The third-order valence-electron chi connectivity index (χ3n) is 6.49. The van der Waals surface area contributed by atoms with Crippen LogP contribution in [0.15, 0.2) is 60.7 Å². The van der Waals surface area contributed by atoms with Crippen LogP contribution < -0.4 is 4.90 Å². The molecule has 1 amide bonds. The summed E-state index contributed by atoms with van der Waals surface area (Å²) in [5.41, 5.74) is 6.22. The highest BCUT2D eigenvalue weighted by Crippen LogP contribution is 2.46. The summed E-state index contributed by atoms with van der Waals surface area (Å²) in [5, 5.41) is 9.86. The minimum Gasteiger partial charge on any atom is -0.478 e.